The number of β-amino-alcohol motifs (C(OH)–C–C–N with tert-alkyl or cyclic N) is 1. The third-order valence-electron chi connectivity index (χ3n) is 3.53. The predicted octanol–water partition coefficient (Wildman–Crippen LogP) is 0.572. The minimum absolute atomic E-state index is 0.330. The summed E-state index contributed by atoms with van der Waals surface area (Å²) in [5, 5.41) is 9.86. The first-order valence-corrected chi connectivity index (χ1v) is 5.87. The molecule has 1 saturated carbocycles. The maximum absolute atomic E-state index is 9.86. The maximum atomic E-state index is 9.86. The van der Waals surface area contributed by atoms with Gasteiger partial charge in [0.1, 0.15) is 0 Å². The molecule has 1 aliphatic heterocycles. The standard InChI is InChI=1S/C11H22N2O/c12-7-10-3-1-2-6-13(8-10)9-11(14)4-5-11/h10,14H,1-9,12H2. The second kappa shape index (κ2) is 4.17. The fraction of sp³-hybridized carbons (Fsp3) is 1.00. The van der Waals surface area contributed by atoms with Crippen molar-refractivity contribution in [1.82, 2.24) is 4.90 Å². The highest BCUT2D eigenvalue weighted by atomic mass is 16.3. The van der Waals surface area contributed by atoms with Gasteiger partial charge in [-0.15, -0.1) is 0 Å². The summed E-state index contributed by atoms with van der Waals surface area (Å²) in [6, 6.07) is 0. The molecule has 2 fully saturated rings. The zero-order chi connectivity index (χ0) is 10.0. The second-order valence-corrected chi connectivity index (χ2v) is 5.06. The third kappa shape index (κ3) is 2.69. The Morgan fingerprint density at radius 2 is 2.14 bits per heavy atom. The predicted molar refractivity (Wildman–Crippen MR) is 57.0 cm³/mol. The first-order valence-electron chi connectivity index (χ1n) is 5.87. The Balaban J connectivity index is 1.83. The Bertz CT molecular complexity index is 192. The molecular formula is C11H22N2O. The number of hydrogen-bond acceptors (Lipinski definition) is 3. The van der Waals surface area contributed by atoms with Gasteiger partial charge < -0.3 is 15.7 Å². The summed E-state index contributed by atoms with van der Waals surface area (Å²) >= 11 is 0. The van der Waals surface area contributed by atoms with E-state index in [-0.39, 0.29) is 5.60 Å². The molecule has 0 spiro atoms. The topological polar surface area (TPSA) is 49.5 Å². The SMILES string of the molecule is NCC1CCCCN(CC2(O)CC2)C1. The average Bonchev–Trinajstić information content (AvgIpc) is 2.91. The number of nitrogens with zero attached hydrogens (tertiary/aromatic N) is 1. The van der Waals surface area contributed by atoms with Crippen molar-refractivity contribution in [1.29, 1.82) is 0 Å². The van der Waals surface area contributed by atoms with Crippen LogP contribution in [-0.2, 0) is 0 Å². The van der Waals surface area contributed by atoms with Gasteiger partial charge in [-0.3, -0.25) is 0 Å². The van der Waals surface area contributed by atoms with Crippen molar-refractivity contribution in [3.05, 3.63) is 0 Å². The van der Waals surface area contributed by atoms with E-state index in [2.05, 4.69) is 4.90 Å². The molecule has 82 valence electrons. The lowest BCUT2D eigenvalue weighted by Gasteiger charge is -2.25. The Labute approximate surface area is 86.3 Å². The molecule has 2 rings (SSSR count). The van der Waals surface area contributed by atoms with E-state index < -0.39 is 0 Å². The zero-order valence-electron chi connectivity index (χ0n) is 8.91. The summed E-state index contributed by atoms with van der Waals surface area (Å²) in [6.07, 6.45) is 5.84. The molecule has 1 unspecified atom stereocenters. The van der Waals surface area contributed by atoms with Crippen LogP contribution >= 0.6 is 0 Å². The number of hydrogen-bond donors (Lipinski definition) is 2. The lowest BCUT2D eigenvalue weighted by Crippen LogP contribution is -2.38. The van der Waals surface area contributed by atoms with Crippen molar-refractivity contribution in [3.63, 3.8) is 0 Å². The van der Waals surface area contributed by atoms with Gasteiger partial charge in [0, 0.05) is 13.1 Å². The summed E-state index contributed by atoms with van der Waals surface area (Å²) in [4.78, 5) is 2.41. The summed E-state index contributed by atoms with van der Waals surface area (Å²) < 4.78 is 0. The van der Waals surface area contributed by atoms with Crippen LogP contribution in [0.3, 0.4) is 0 Å². The summed E-state index contributed by atoms with van der Waals surface area (Å²) in [5.74, 6) is 0.653. The minimum Gasteiger partial charge on any atom is -0.389 e. The van der Waals surface area contributed by atoms with Crippen LogP contribution in [0.5, 0.6) is 0 Å². The average molecular weight is 198 g/mol. The number of aliphatic hydroxyl groups is 1. The Kier molecular flexibility index (Phi) is 3.10. The van der Waals surface area contributed by atoms with E-state index in [1.807, 2.05) is 0 Å². The largest absolute Gasteiger partial charge is 0.389 e. The third-order valence-corrected chi connectivity index (χ3v) is 3.53. The highest BCUT2D eigenvalue weighted by molar-refractivity contribution is 4.96. The lowest BCUT2D eigenvalue weighted by atomic mass is 10.0. The van der Waals surface area contributed by atoms with Crippen molar-refractivity contribution in [2.45, 2.75) is 37.7 Å². The summed E-state index contributed by atoms with van der Waals surface area (Å²) in [7, 11) is 0. The lowest BCUT2D eigenvalue weighted by molar-refractivity contribution is 0.0878. The maximum Gasteiger partial charge on any atom is 0.0776 e. The van der Waals surface area contributed by atoms with Crippen molar-refractivity contribution >= 4 is 0 Å². The summed E-state index contributed by atoms with van der Waals surface area (Å²) in [5.41, 5.74) is 5.40. The van der Waals surface area contributed by atoms with Gasteiger partial charge in [0.15, 0.2) is 0 Å². The molecule has 0 aromatic carbocycles. The van der Waals surface area contributed by atoms with E-state index >= 15 is 0 Å². The Morgan fingerprint density at radius 3 is 2.79 bits per heavy atom. The monoisotopic (exact) mass is 198 g/mol. The van der Waals surface area contributed by atoms with E-state index in [1.54, 1.807) is 0 Å². The molecule has 1 heterocycles. The number of likely N-dealkylation sites (tertiary alicyclic amines) is 1. The number of rotatable bonds is 3. The van der Waals surface area contributed by atoms with Crippen LogP contribution in [0.4, 0.5) is 0 Å². The molecule has 1 saturated heterocycles. The van der Waals surface area contributed by atoms with E-state index in [4.69, 9.17) is 5.73 Å². The van der Waals surface area contributed by atoms with Crippen LogP contribution in [0.15, 0.2) is 0 Å². The molecule has 0 radical (unpaired) electrons. The molecule has 3 nitrogen and oxygen atoms in total. The van der Waals surface area contributed by atoms with Gasteiger partial charge in [-0.05, 0) is 44.7 Å². The molecule has 3 N–H and O–H groups in total. The molecule has 0 bridgehead atoms. The number of nitrogens with two attached hydrogens (primary N) is 1. The smallest absolute Gasteiger partial charge is 0.0776 e. The Morgan fingerprint density at radius 1 is 1.36 bits per heavy atom. The first-order chi connectivity index (χ1) is 6.72. The second-order valence-electron chi connectivity index (χ2n) is 5.06. The fourth-order valence-corrected chi connectivity index (χ4v) is 2.37. The van der Waals surface area contributed by atoms with Crippen LogP contribution in [0.2, 0.25) is 0 Å². The van der Waals surface area contributed by atoms with E-state index in [9.17, 15) is 5.11 Å². The first kappa shape index (κ1) is 10.4. The van der Waals surface area contributed by atoms with Gasteiger partial charge in [-0.25, -0.2) is 0 Å². The molecule has 1 aliphatic carbocycles. The van der Waals surface area contributed by atoms with Gasteiger partial charge in [0.25, 0.3) is 0 Å². The van der Waals surface area contributed by atoms with Gasteiger partial charge in [0.2, 0.25) is 0 Å². The van der Waals surface area contributed by atoms with Crippen molar-refractivity contribution < 1.29 is 5.11 Å². The van der Waals surface area contributed by atoms with E-state index in [0.29, 0.717) is 5.92 Å². The molecule has 14 heavy (non-hydrogen) atoms. The van der Waals surface area contributed by atoms with Crippen molar-refractivity contribution in [2.24, 2.45) is 11.7 Å². The molecule has 3 heteroatoms. The van der Waals surface area contributed by atoms with E-state index in [1.165, 1.54) is 19.3 Å². The van der Waals surface area contributed by atoms with Crippen LogP contribution in [0.25, 0.3) is 0 Å². The van der Waals surface area contributed by atoms with Crippen LogP contribution < -0.4 is 5.73 Å². The molecule has 2 aliphatic rings. The molecule has 0 aromatic heterocycles. The van der Waals surface area contributed by atoms with Crippen molar-refractivity contribution in [2.75, 3.05) is 26.2 Å². The van der Waals surface area contributed by atoms with Gasteiger partial charge in [-0.1, -0.05) is 6.42 Å². The fourth-order valence-electron chi connectivity index (χ4n) is 2.37. The van der Waals surface area contributed by atoms with Gasteiger partial charge in [-0.2, -0.15) is 0 Å². The van der Waals surface area contributed by atoms with Crippen LogP contribution in [0.1, 0.15) is 32.1 Å². The molecule has 0 aromatic rings. The quantitative estimate of drug-likeness (QED) is 0.697. The Hall–Kier alpha value is -0.120. The highest BCUT2D eigenvalue weighted by Crippen LogP contribution is 2.36. The molecule has 0 amide bonds. The molecular weight excluding hydrogens is 176 g/mol. The van der Waals surface area contributed by atoms with E-state index in [0.717, 1.165) is 39.0 Å². The van der Waals surface area contributed by atoms with Crippen LogP contribution in [0, 0.1) is 5.92 Å². The normalized spacial score (nSPS) is 32.6. The molecule has 1 atom stereocenters. The zero-order valence-corrected chi connectivity index (χ0v) is 8.91. The minimum atomic E-state index is -0.330. The van der Waals surface area contributed by atoms with Crippen LogP contribution in [-0.4, -0.2) is 41.8 Å². The van der Waals surface area contributed by atoms with Gasteiger partial charge in [0.05, 0.1) is 5.60 Å². The summed E-state index contributed by atoms with van der Waals surface area (Å²) in [6.45, 7) is 3.93. The highest BCUT2D eigenvalue weighted by Gasteiger charge is 2.41. The van der Waals surface area contributed by atoms with Crippen molar-refractivity contribution in [3.8, 4) is 0 Å². The van der Waals surface area contributed by atoms with Gasteiger partial charge >= 0.3 is 0 Å².